The molecule has 4 rings (SSSR count). The molecule has 0 radical (unpaired) electrons. The van der Waals surface area contributed by atoms with Crippen molar-refractivity contribution in [3.63, 3.8) is 0 Å². The van der Waals surface area contributed by atoms with Crippen LogP contribution in [0.5, 0.6) is 0 Å². The molecule has 0 saturated heterocycles. The van der Waals surface area contributed by atoms with Crippen molar-refractivity contribution < 1.29 is 14.6 Å². The molecule has 4 aliphatic rings. The third kappa shape index (κ3) is 1.87. The van der Waals surface area contributed by atoms with Crippen LogP contribution < -0.4 is 0 Å². The number of hydrogen-bond acceptors (Lipinski definition) is 3. The van der Waals surface area contributed by atoms with Gasteiger partial charge in [0.1, 0.15) is 5.60 Å². The average Bonchev–Trinajstić information content (AvgIpc) is 2.33. The summed E-state index contributed by atoms with van der Waals surface area (Å²) in [5.74, 6) is 1.40. The molecule has 0 aromatic heterocycles. The Hall–Kier alpha value is -0.570. The fourth-order valence-corrected chi connectivity index (χ4v) is 4.53. The molecule has 4 bridgehead atoms. The summed E-state index contributed by atoms with van der Waals surface area (Å²) in [4.78, 5) is 12.1. The van der Waals surface area contributed by atoms with Crippen molar-refractivity contribution in [1.29, 1.82) is 0 Å². The van der Waals surface area contributed by atoms with Crippen molar-refractivity contribution in [3.8, 4) is 0 Å². The Morgan fingerprint density at radius 1 is 1.33 bits per heavy atom. The maximum Gasteiger partial charge on any atom is 0.309 e. The molecule has 18 heavy (non-hydrogen) atoms. The Balaban J connectivity index is 1.74. The van der Waals surface area contributed by atoms with Crippen LogP contribution in [-0.2, 0) is 9.53 Å². The number of aliphatic hydroxyl groups excluding tert-OH is 1. The largest absolute Gasteiger partial charge is 0.459 e. The van der Waals surface area contributed by atoms with Gasteiger partial charge in [-0.2, -0.15) is 0 Å². The van der Waals surface area contributed by atoms with E-state index >= 15 is 0 Å². The van der Waals surface area contributed by atoms with Gasteiger partial charge in [0.05, 0.1) is 12.0 Å². The van der Waals surface area contributed by atoms with E-state index < -0.39 is 0 Å². The number of aliphatic hydroxyl groups is 1. The highest BCUT2D eigenvalue weighted by Gasteiger charge is 2.57. The third-order valence-corrected chi connectivity index (χ3v) is 5.50. The second-order valence-corrected chi connectivity index (χ2v) is 6.87. The predicted octanol–water partition coefficient (Wildman–Crippen LogP) is 2.52. The Morgan fingerprint density at radius 2 is 1.94 bits per heavy atom. The topological polar surface area (TPSA) is 46.5 Å². The van der Waals surface area contributed by atoms with Crippen LogP contribution in [0, 0.1) is 23.7 Å². The van der Waals surface area contributed by atoms with Crippen molar-refractivity contribution in [3.05, 3.63) is 0 Å². The number of ether oxygens (including phenoxy) is 1. The highest BCUT2D eigenvalue weighted by molar-refractivity contribution is 5.72. The highest BCUT2D eigenvalue weighted by atomic mass is 16.6. The normalized spacial score (nSPS) is 47.1. The molecule has 4 saturated carbocycles. The van der Waals surface area contributed by atoms with Crippen molar-refractivity contribution >= 4 is 5.97 Å². The van der Waals surface area contributed by atoms with Gasteiger partial charge < -0.3 is 9.84 Å². The summed E-state index contributed by atoms with van der Waals surface area (Å²) in [7, 11) is 0. The molecule has 4 fully saturated rings. The second kappa shape index (κ2) is 4.22. The molecule has 0 aromatic carbocycles. The van der Waals surface area contributed by atoms with Gasteiger partial charge in [-0.1, -0.05) is 13.8 Å². The molecule has 3 atom stereocenters. The minimum Gasteiger partial charge on any atom is -0.459 e. The molecular formula is C15H24O3. The molecule has 0 aromatic rings. The first-order valence-electron chi connectivity index (χ1n) is 7.44. The summed E-state index contributed by atoms with van der Waals surface area (Å²) < 4.78 is 5.90. The lowest BCUT2D eigenvalue weighted by atomic mass is 9.53. The van der Waals surface area contributed by atoms with E-state index in [1.54, 1.807) is 0 Å². The predicted molar refractivity (Wildman–Crippen MR) is 67.8 cm³/mol. The zero-order valence-corrected chi connectivity index (χ0v) is 11.4. The Labute approximate surface area is 109 Å². The first-order chi connectivity index (χ1) is 8.53. The van der Waals surface area contributed by atoms with Gasteiger partial charge >= 0.3 is 5.97 Å². The lowest BCUT2D eigenvalue weighted by Gasteiger charge is -2.57. The molecule has 3 nitrogen and oxygen atoms in total. The maximum atomic E-state index is 12.1. The molecule has 3 heteroatoms. The standard InChI is InChI=1S/C15H24O3/c1-3-9(2)14(17)18-15-6-10-4-11(7-15)13(16)12(5-10)8-15/h9-13,16H,3-8H2,1-2H3. The molecule has 0 amide bonds. The SMILES string of the molecule is CCC(C)C(=O)OC12CC3CC(C1)C(O)C(C3)C2. The van der Waals surface area contributed by atoms with Gasteiger partial charge in [-0.25, -0.2) is 0 Å². The van der Waals surface area contributed by atoms with Crippen LogP contribution in [0.15, 0.2) is 0 Å². The van der Waals surface area contributed by atoms with Gasteiger partial charge in [-0.3, -0.25) is 4.79 Å². The highest BCUT2D eigenvalue weighted by Crippen LogP contribution is 2.57. The number of carbonyl (C=O) groups excluding carboxylic acids is 1. The fourth-order valence-electron chi connectivity index (χ4n) is 4.53. The van der Waals surface area contributed by atoms with Crippen LogP contribution >= 0.6 is 0 Å². The summed E-state index contributed by atoms with van der Waals surface area (Å²) in [6, 6.07) is 0. The lowest BCUT2D eigenvalue weighted by molar-refractivity contribution is -0.209. The maximum absolute atomic E-state index is 12.1. The second-order valence-electron chi connectivity index (χ2n) is 6.87. The number of esters is 1. The van der Waals surface area contributed by atoms with Crippen LogP contribution in [0.2, 0.25) is 0 Å². The van der Waals surface area contributed by atoms with Crippen LogP contribution in [0.25, 0.3) is 0 Å². The summed E-state index contributed by atoms with van der Waals surface area (Å²) in [5.41, 5.74) is -0.226. The minimum atomic E-state index is -0.226. The summed E-state index contributed by atoms with van der Waals surface area (Å²) in [6.45, 7) is 3.97. The fraction of sp³-hybridized carbons (Fsp3) is 0.933. The summed E-state index contributed by atoms with van der Waals surface area (Å²) in [6.07, 6.45) is 5.80. The average molecular weight is 252 g/mol. The number of rotatable bonds is 3. The van der Waals surface area contributed by atoms with E-state index in [4.69, 9.17) is 4.74 Å². The summed E-state index contributed by atoms with van der Waals surface area (Å²) >= 11 is 0. The van der Waals surface area contributed by atoms with E-state index in [1.807, 2.05) is 13.8 Å². The Kier molecular flexibility index (Phi) is 2.92. The van der Waals surface area contributed by atoms with Gasteiger partial charge in [-0.05, 0) is 56.3 Å². The molecule has 0 spiro atoms. The molecule has 4 aliphatic carbocycles. The monoisotopic (exact) mass is 252 g/mol. The van der Waals surface area contributed by atoms with Crippen molar-refractivity contribution in [1.82, 2.24) is 0 Å². The zero-order valence-electron chi connectivity index (χ0n) is 11.4. The Bertz CT molecular complexity index is 336. The van der Waals surface area contributed by atoms with Crippen molar-refractivity contribution in [2.24, 2.45) is 23.7 Å². The van der Waals surface area contributed by atoms with E-state index in [0.29, 0.717) is 17.8 Å². The molecular weight excluding hydrogens is 228 g/mol. The zero-order chi connectivity index (χ0) is 12.9. The van der Waals surface area contributed by atoms with Gasteiger partial charge in [0.15, 0.2) is 0 Å². The minimum absolute atomic E-state index is 0.00271. The van der Waals surface area contributed by atoms with E-state index in [9.17, 15) is 9.90 Å². The first-order valence-corrected chi connectivity index (χ1v) is 7.44. The molecule has 102 valence electrons. The smallest absolute Gasteiger partial charge is 0.309 e. The summed E-state index contributed by atoms with van der Waals surface area (Å²) in [5, 5.41) is 10.2. The van der Waals surface area contributed by atoms with Gasteiger partial charge in [0.2, 0.25) is 0 Å². The Morgan fingerprint density at radius 3 is 2.50 bits per heavy atom. The van der Waals surface area contributed by atoms with Crippen LogP contribution in [0.3, 0.4) is 0 Å². The number of carbonyl (C=O) groups is 1. The lowest BCUT2D eigenvalue weighted by Crippen LogP contribution is -2.58. The number of hydrogen-bond donors (Lipinski definition) is 1. The van der Waals surface area contributed by atoms with E-state index in [2.05, 4.69) is 0 Å². The van der Waals surface area contributed by atoms with Crippen LogP contribution in [-0.4, -0.2) is 22.8 Å². The van der Waals surface area contributed by atoms with Crippen LogP contribution in [0.4, 0.5) is 0 Å². The van der Waals surface area contributed by atoms with E-state index in [0.717, 1.165) is 38.5 Å². The first kappa shape index (κ1) is 12.5. The molecule has 3 unspecified atom stereocenters. The molecule has 0 aliphatic heterocycles. The van der Waals surface area contributed by atoms with E-state index in [1.165, 1.54) is 0 Å². The van der Waals surface area contributed by atoms with Crippen LogP contribution in [0.1, 0.15) is 52.4 Å². The molecule has 0 heterocycles. The molecule has 1 N–H and O–H groups in total. The third-order valence-electron chi connectivity index (χ3n) is 5.50. The van der Waals surface area contributed by atoms with Gasteiger partial charge in [0.25, 0.3) is 0 Å². The quantitative estimate of drug-likeness (QED) is 0.785. The van der Waals surface area contributed by atoms with Gasteiger partial charge in [0, 0.05) is 0 Å². The van der Waals surface area contributed by atoms with Crippen molar-refractivity contribution in [2.75, 3.05) is 0 Å². The van der Waals surface area contributed by atoms with Crippen molar-refractivity contribution in [2.45, 2.75) is 64.1 Å². The van der Waals surface area contributed by atoms with Gasteiger partial charge in [-0.15, -0.1) is 0 Å². The van der Waals surface area contributed by atoms with E-state index in [-0.39, 0.29) is 23.6 Å².